The van der Waals surface area contributed by atoms with Crippen LogP contribution < -0.4 is 10.5 Å². The van der Waals surface area contributed by atoms with E-state index in [4.69, 9.17) is 10.5 Å². The second kappa shape index (κ2) is 4.57. The third kappa shape index (κ3) is 2.10. The van der Waals surface area contributed by atoms with E-state index in [2.05, 4.69) is 12.6 Å². The van der Waals surface area contributed by atoms with E-state index in [-0.39, 0.29) is 0 Å². The highest BCUT2D eigenvalue weighted by Gasteiger charge is 1.98. The molecule has 0 saturated heterocycles. The van der Waals surface area contributed by atoms with Crippen molar-refractivity contribution in [2.45, 2.75) is 6.54 Å². The molecule has 1 aromatic rings. The van der Waals surface area contributed by atoms with Crippen LogP contribution in [0.3, 0.4) is 0 Å². The molecule has 0 fully saturated rings. The molecule has 12 heavy (non-hydrogen) atoms. The summed E-state index contributed by atoms with van der Waals surface area (Å²) in [5.41, 5.74) is 6.39. The van der Waals surface area contributed by atoms with Gasteiger partial charge >= 0.3 is 0 Å². The van der Waals surface area contributed by atoms with E-state index in [9.17, 15) is 0 Å². The zero-order chi connectivity index (χ0) is 8.81. The summed E-state index contributed by atoms with van der Waals surface area (Å²) in [6.07, 6.45) is 1.70. The Morgan fingerprint density at radius 2 is 2.50 bits per heavy atom. The minimum atomic E-state index is 0.452. The van der Waals surface area contributed by atoms with E-state index in [1.807, 2.05) is 18.2 Å². The lowest BCUT2D eigenvalue weighted by Crippen LogP contribution is -2.02. The fraction of sp³-hybridized carbons (Fsp3) is 0.200. The molecule has 1 rings (SSSR count). The molecule has 2 N–H and O–H groups in total. The van der Waals surface area contributed by atoms with Crippen LogP contribution >= 0.6 is 0 Å². The highest BCUT2D eigenvalue weighted by molar-refractivity contribution is 5.32. The molecule has 0 aliphatic rings. The van der Waals surface area contributed by atoms with Crippen molar-refractivity contribution in [1.29, 1.82) is 0 Å². The zero-order valence-electron chi connectivity index (χ0n) is 6.92. The lowest BCUT2D eigenvalue weighted by atomic mass is 10.2. The summed E-state index contributed by atoms with van der Waals surface area (Å²) in [5.74, 6) is 0.792. The van der Waals surface area contributed by atoms with Gasteiger partial charge in [-0.1, -0.05) is 24.8 Å². The third-order valence-corrected chi connectivity index (χ3v) is 1.46. The summed E-state index contributed by atoms with van der Waals surface area (Å²) in [6.45, 7) is 4.52. The molecular formula is C10H12NO. The topological polar surface area (TPSA) is 35.2 Å². The molecular weight excluding hydrogens is 150 g/mol. The normalized spacial score (nSPS) is 9.42. The van der Waals surface area contributed by atoms with Crippen molar-refractivity contribution in [3.8, 4) is 5.75 Å². The zero-order valence-corrected chi connectivity index (χ0v) is 6.92. The van der Waals surface area contributed by atoms with Crippen molar-refractivity contribution in [1.82, 2.24) is 0 Å². The Morgan fingerprint density at radius 3 is 3.17 bits per heavy atom. The molecule has 0 heterocycles. The fourth-order valence-corrected chi connectivity index (χ4v) is 0.899. The van der Waals surface area contributed by atoms with Crippen molar-refractivity contribution in [3.05, 3.63) is 42.5 Å². The molecule has 0 aliphatic heterocycles. The predicted molar refractivity (Wildman–Crippen MR) is 48.9 cm³/mol. The van der Waals surface area contributed by atoms with Gasteiger partial charge in [0.15, 0.2) is 0 Å². The van der Waals surface area contributed by atoms with Gasteiger partial charge in [0.25, 0.3) is 0 Å². The minimum Gasteiger partial charge on any atom is -0.489 e. The van der Waals surface area contributed by atoms with Crippen LogP contribution in [0.15, 0.2) is 30.9 Å². The van der Waals surface area contributed by atoms with Crippen LogP contribution in [-0.2, 0) is 6.54 Å². The second-order valence-electron chi connectivity index (χ2n) is 2.32. The molecule has 0 spiro atoms. The van der Waals surface area contributed by atoms with Crippen LogP contribution in [0.2, 0.25) is 0 Å². The first-order valence-electron chi connectivity index (χ1n) is 3.82. The molecule has 0 aliphatic carbocycles. The van der Waals surface area contributed by atoms with Crippen LogP contribution in [0, 0.1) is 6.07 Å². The molecule has 1 aromatic carbocycles. The highest BCUT2D eigenvalue weighted by atomic mass is 16.5. The quantitative estimate of drug-likeness (QED) is 0.681. The standard InChI is InChI=1S/C10H12NO/c1-2-7-12-10-6-4-3-5-9(10)8-11/h2-4,6H,1,7-8,11H2. The first-order chi connectivity index (χ1) is 5.88. The van der Waals surface area contributed by atoms with Gasteiger partial charge in [-0.2, -0.15) is 0 Å². The summed E-state index contributed by atoms with van der Waals surface area (Å²) in [4.78, 5) is 0. The van der Waals surface area contributed by atoms with Crippen molar-refractivity contribution < 1.29 is 4.74 Å². The minimum absolute atomic E-state index is 0.452. The van der Waals surface area contributed by atoms with Gasteiger partial charge in [-0.05, 0) is 12.1 Å². The van der Waals surface area contributed by atoms with Crippen LogP contribution in [0.5, 0.6) is 5.75 Å². The second-order valence-corrected chi connectivity index (χ2v) is 2.32. The summed E-state index contributed by atoms with van der Waals surface area (Å²) < 4.78 is 5.35. The largest absolute Gasteiger partial charge is 0.489 e. The molecule has 0 amide bonds. The average molecular weight is 162 g/mol. The van der Waals surface area contributed by atoms with Gasteiger partial charge in [-0.15, -0.1) is 0 Å². The van der Waals surface area contributed by atoms with Gasteiger partial charge in [0.2, 0.25) is 0 Å². The van der Waals surface area contributed by atoms with E-state index in [1.165, 1.54) is 0 Å². The Bertz CT molecular complexity index is 258. The first kappa shape index (κ1) is 8.81. The van der Waals surface area contributed by atoms with Crippen molar-refractivity contribution >= 4 is 0 Å². The summed E-state index contributed by atoms with van der Waals surface area (Å²) in [7, 11) is 0. The number of hydrogen-bond acceptors (Lipinski definition) is 2. The number of rotatable bonds is 4. The number of hydrogen-bond donors (Lipinski definition) is 1. The molecule has 2 nitrogen and oxygen atoms in total. The third-order valence-electron chi connectivity index (χ3n) is 1.46. The molecule has 63 valence electrons. The lowest BCUT2D eigenvalue weighted by Gasteiger charge is -2.06. The highest BCUT2D eigenvalue weighted by Crippen LogP contribution is 2.15. The molecule has 2 heteroatoms. The molecule has 0 bridgehead atoms. The maximum atomic E-state index is 5.49. The maximum Gasteiger partial charge on any atom is 0.124 e. The Kier molecular flexibility index (Phi) is 3.35. The van der Waals surface area contributed by atoms with E-state index in [0.29, 0.717) is 13.2 Å². The smallest absolute Gasteiger partial charge is 0.124 e. The Hall–Kier alpha value is -1.28. The number of ether oxygens (including phenoxy) is 1. The average Bonchev–Trinajstić information content (AvgIpc) is 2.15. The van der Waals surface area contributed by atoms with E-state index >= 15 is 0 Å². The Balaban J connectivity index is 2.74. The molecule has 1 radical (unpaired) electrons. The van der Waals surface area contributed by atoms with E-state index in [0.717, 1.165) is 11.3 Å². The molecule has 0 saturated carbocycles. The maximum absolute atomic E-state index is 5.49. The predicted octanol–water partition coefficient (Wildman–Crippen LogP) is 1.51. The van der Waals surface area contributed by atoms with Gasteiger partial charge in [0.1, 0.15) is 12.4 Å². The number of nitrogens with two attached hydrogens (primary N) is 1. The van der Waals surface area contributed by atoms with Crippen molar-refractivity contribution in [2.24, 2.45) is 5.73 Å². The van der Waals surface area contributed by atoms with Crippen molar-refractivity contribution in [3.63, 3.8) is 0 Å². The summed E-state index contributed by atoms with van der Waals surface area (Å²) in [6, 6.07) is 8.58. The molecule has 0 unspecified atom stereocenters. The number of benzene rings is 1. The lowest BCUT2D eigenvalue weighted by molar-refractivity contribution is 0.359. The van der Waals surface area contributed by atoms with Gasteiger partial charge in [0, 0.05) is 12.1 Å². The van der Waals surface area contributed by atoms with Gasteiger partial charge in [-0.25, -0.2) is 0 Å². The van der Waals surface area contributed by atoms with Gasteiger partial charge in [-0.3, -0.25) is 0 Å². The van der Waals surface area contributed by atoms with Crippen LogP contribution in [0.1, 0.15) is 5.56 Å². The molecule has 0 atom stereocenters. The first-order valence-corrected chi connectivity index (χ1v) is 3.82. The van der Waals surface area contributed by atoms with Crippen LogP contribution in [0.25, 0.3) is 0 Å². The van der Waals surface area contributed by atoms with E-state index < -0.39 is 0 Å². The van der Waals surface area contributed by atoms with Gasteiger partial charge in [0.05, 0.1) is 0 Å². The van der Waals surface area contributed by atoms with Crippen LogP contribution in [-0.4, -0.2) is 6.61 Å². The van der Waals surface area contributed by atoms with Crippen LogP contribution in [0.4, 0.5) is 0 Å². The SMILES string of the molecule is C=CCOc1ccc[c]c1CN. The monoisotopic (exact) mass is 162 g/mol. The van der Waals surface area contributed by atoms with Crippen molar-refractivity contribution in [2.75, 3.05) is 6.61 Å². The van der Waals surface area contributed by atoms with E-state index in [1.54, 1.807) is 6.08 Å². The summed E-state index contributed by atoms with van der Waals surface area (Å²) in [5, 5.41) is 0. The van der Waals surface area contributed by atoms with Gasteiger partial charge < -0.3 is 10.5 Å². The summed E-state index contributed by atoms with van der Waals surface area (Å²) >= 11 is 0. The fourth-order valence-electron chi connectivity index (χ4n) is 0.899. The molecule has 0 aromatic heterocycles. The Labute approximate surface area is 72.7 Å². The Morgan fingerprint density at radius 1 is 1.67 bits per heavy atom.